The van der Waals surface area contributed by atoms with Crippen LogP contribution in [0.4, 0.5) is 0 Å². The Hall–Kier alpha value is -1.57. The number of rotatable bonds is 6. The SMILES string of the molecule is CCC(C)OCC#Cc1ccc(OC2CC(OC)C2)cn1. The topological polar surface area (TPSA) is 40.6 Å². The molecule has 0 amide bonds. The molecule has 1 unspecified atom stereocenters. The highest BCUT2D eigenvalue weighted by Crippen LogP contribution is 2.27. The lowest BCUT2D eigenvalue weighted by Crippen LogP contribution is -2.38. The molecule has 0 saturated heterocycles. The predicted octanol–water partition coefficient (Wildman–Crippen LogP) is 2.80. The summed E-state index contributed by atoms with van der Waals surface area (Å²) in [6, 6.07) is 3.78. The van der Waals surface area contributed by atoms with E-state index in [1.54, 1.807) is 13.3 Å². The van der Waals surface area contributed by atoms with Gasteiger partial charge in [-0.2, -0.15) is 0 Å². The molecule has 1 atom stereocenters. The van der Waals surface area contributed by atoms with Crippen LogP contribution in [-0.2, 0) is 9.47 Å². The Balaban J connectivity index is 1.76. The first-order chi connectivity index (χ1) is 10.2. The third kappa shape index (κ3) is 5.04. The standard InChI is InChI=1S/C17H23NO3/c1-4-13(2)20-9-5-6-14-7-8-15(12-18-14)21-17-10-16(11-17)19-3/h7-8,12-13,16-17H,4,9-11H2,1-3H3. The first-order valence-corrected chi connectivity index (χ1v) is 7.47. The van der Waals surface area contributed by atoms with E-state index in [9.17, 15) is 0 Å². The molecule has 0 aromatic carbocycles. The molecule has 1 aromatic heterocycles. The van der Waals surface area contributed by atoms with Crippen molar-refractivity contribution in [2.24, 2.45) is 0 Å². The highest BCUT2D eigenvalue weighted by molar-refractivity contribution is 5.31. The molecule has 1 aliphatic carbocycles. The van der Waals surface area contributed by atoms with Crippen LogP contribution in [-0.4, -0.2) is 37.0 Å². The van der Waals surface area contributed by atoms with Gasteiger partial charge in [-0.25, -0.2) is 4.98 Å². The summed E-state index contributed by atoms with van der Waals surface area (Å²) >= 11 is 0. The van der Waals surface area contributed by atoms with Crippen LogP contribution >= 0.6 is 0 Å². The van der Waals surface area contributed by atoms with E-state index >= 15 is 0 Å². The summed E-state index contributed by atoms with van der Waals surface area (Å²) in [5.74, 6) is 6.75. The number of hydrogen-bond acceptors (Lipinski definition) is 4. The molecule has 0 radical (unpaired) electrons. The van der Waals surface area contributed by atoms with E-state index in [0.717, 1.165) is 30.7 Å². The summed E-state index contributed by atoms with van der Waals surface area (Å²) in [5.41, 5.74) is 0.735. The summed E-state index contributed by atoms with van der Waals surface area (Å²) in [6.45, 7) is 4.57. The van der Waals surface area contributed by atoms with Crippen molar-refractivity contribution in [1.29, 1.82) is 0 Å². The molecule has 1 aromatic rings. The fraction of sp³-hybridized carbons (Fsp3) is 0.588. The zero-order valence-electron chi connectivity index (χ0n) is 13.0. The molecule has 2 rings (SSSR count). The predicted molar refractivity (Wildman–Crippen MR) is 81.3 cm³/mol. The van der Waals surface area contributed by atoms with E-state index in [0.29, 0.717) is 12.7 Å². The average Bonchev–Trinajstić information content (AvgIpc) is 2.48. The molecule has 21 heavy (non-hydrogen) atoms. The van der Waals surface area contributed by atoms with E-state index in [1.165, 1.54) is 0 Å². The molecule has 114 valence electrons. The lowest BCUT2D eigenvalue weighted by Gasteiger charge is -2.33. The highest BCUT2D eigenvalue weighted by atomic mass is 16.5. The molecular formula is C17H23NO3. The number of hydrogen-bond donors (Lipinski definition) is 0. The van der Waals surface area contributed by atoms with Gasteiger partial charge in [0, 0.05) is 20.0 Å². The maximum atomic E-state index is 5.79. The molecule has 0 aliphatic heterocycles. The number of methoxy groups -OCH3 is 1. The number of aromatic nitrogens is 1. The Morgan fingerprint density at radius 3 is 2.76 bits per heavy atom. The van der Waals surface area contributed by atoms with Crippen molar-refractivity contribution in [2.75, 3.05) is 13.7 Å². The lowest BCUT2D eigenvalue weighted by molar-refractivity contribution is -0.0382. The van der Waals surface area contributed by atoms with E-state index in [4.69, 9.17) is 14.2 Å². The van der Waals surface area contributed by atoms with Gasteiger partial charge < -0.3 is 14.2 Å². The average molecular weight is 289 g/mol. The summed E-state index contributed by atoms with van der Waals surface area (Å²) in [4.78, 5) is 4.28. The molecule has 0 N–H and O–H groups in total. The quantitative estimate of drug-likeness (QED) is 0.755. The van der Waals surface area contributed by atoms with Crippen molar-refractivity contribution in [3.63, 3.8) is 0 Å². The zero-order valence-corrected chi connectivity index (χ0v) is 13.0. The lowest BCUT2D eigenvalue weighted by atomic mass is 9.92. The van der Waals surface area contributed by atoms with Crippen molar-refractivity contribution in [3.05, 3.63) is 24.0 Å². The molecule has 1 saturated carbocycles. The second-order valence-electron chi connectivity index (χ2n) is 5.28. The minimum Gasteiger partial charge on any atom is -0.489 e. The summed E-state index contributed by atoms with van der Waals surface area (Å²) in [7, 11) is 1.74. The zero-order chi connectivity index (χ0) is 15.1. The minimum atomic E-state index is 0.248. The first kappa shape index (κ1) is 15.8. The highest BCUT2D eigenvalue weighted by Gasteiger charge is 2.30. The smallest absolute Gasteiger partial charge is 0.138 e. The molecule has 4 heteroatoms. The van der Waals surface area contributed by atoms with Crippen LogP contribution in [0.15, 0.2) is 18.3 Å². The summed E-state index contributed by atoms with van der Waals surface area (Å²) in [5, 5.41) is 0. The Labute approximate surface area is 126 Å². The van der Waals surface area contributed by atoms with Gasteiger partial charge in [0.25, 0.3) is 0 Å². The van der Waals surface area contributed by atoms with Crippen LogP contribution in [0.1, 0.15) is 38.8 Å². The fourth-order valence-electron chi connectivity index (χ4n) is 1.95. The van der Waals surface area contributed by atoms with Crippen LogP contribution in [0.25, 0.3) is 0 Å². The van der Waals surface area contributed by atoms with Gasteiger partial charge in [0.2, 0.25) is 0 Å². The van der Waals surface area contributed by atoms with Gasteiger partial charge >= 0.3 is 0 Å². The monoisotopic (exact) mass is 289 g/mol. The maximum Gasteiger partial charge on any atom is 0.138 e. The van der Waals surface area contributed by atoms with E-state index in [2.05, 4.69) is 23.7 Å². The third-order valence-corrected chi connectivity index (χ3v) is 3.66. The van der Waals surface area contributed by atoms with Crippen molar-refractivity contribution in [1.82, 2.24) is 4.98 Å². The van der Waals surface area contributed by atoms with Crippen LogP contribution in [0, 0.1) is 11.8 Å². The number of nitrogens with zero attached hydrogens (tertiary/aromatic N) is 1. The molecule has 1 aliphatic rings. The van der Waals surface area contributed by atoms with Crippen LogP contribution in [0.5, 0.6) is 5.75 Å². The molecule has 4 nitrogen and oxygen atoms in total. The normalized spacial score (nSPS) is 21.9. The maximum absolute atomic E-state index is 5.79. The largest absolute Gasteiger partial charge is 0.489 e. The van der Waals surface area contributed by atoms with Crippen LogP contribution in [0.2, 0.25) is 0 Å². The first-order valence-electron chi connectivity index (χ1n) is 7.47. The van der Waals surface area contributed by atoms with Gasteiger partial charge in [0.15, 0.2) is 0 Å². The van der Waals surface area contributed by atoms with E-state index < -0.39 is 0 Å². The van der Waals surface area contributed by atoms with Crippen molar-refractivity contribution >= 4 is 0 Å². The number of ether oxygens (including phenoxy) is 3. The Bertz CT molecular complexity index is 483. The molecule has 0 spiro atoms. The molecule has 0 bridgehead atoms. The second-order valence-corrected chi connectivity index (χ2v) is 5.28. The third-order valence-electron chi connectivity index (χ3n) is 3.66. The minimum absolute atomic E-state index is 0.248. The second kappa shape index (κ2) is 8.02. The van der Waals surface area contributed by atoms with Crippen molar-refractivity contribution in [2.45, 2.75) is 51.4 Å². The number of pyridine rings is 1. The Morgan fingerprint density at radius 2 is 2.14 bits per heavy atom. The van der Waals surface area contributed by atoms with Gasteiger partial charge in [-0.1, -0.05) is 12.8 Å². The molecular weight excluding hydrogens is 266 g/mol. The summed E-state index contributed by atoms with van der Waals surface area (Å²) < 4.78 is 16.5. The Kier molecular flexibility index (Phi) is 6.04. The Morgan fingerprint density at radius 1 is 1.33 bits per heavy atom. The van der Waals surface area contributed by atoms with E-state index in [1.807, 2.05) is 19.1 Å². The van der Waals surface area contributed by atoms with Crippen LogP contribution in [0.3, 0.4) is 0 Å². The van der Waals surface area contributed by atoms with Gasteiger partial charge in [0.1, 0.15) is 24.2 Å². The van der Waals surface area contributed by atoms with Crippen molar-refractivity contribution < 1.29 is 14.2 Å². The molecule has 1 heterocycles. The fourth-order valence-corrected chi connectivity index (χ4v) is 1.95. The van der Waals surface area contributed by atoms with Crippen LogP contribution < -0.4 is 4.74 Å². The van der Waals surface area contributed by atoms with E-state index in [-0.39, 0.29) is 12.2 Å². The van der Waals surface area contributed by atoms with Gasteiger partial charge in [-0.15, -0.1) is 0 Å². The van der Waals surface area contributed by atoms with Gasteiger partial charge in [-0.3, -0.25) is 0 Å². The molecule has 1 fully saturated rings. The van der Waals surface area contributed by atoms with Gasteiger partial charge in [-0.05, 0) is 31.4 Å². The van der Waals surface area contributed by atoms with Gasteiger partial charge in [0.05, 0.1) is 18.4 Å². The summed E-state index contributed by atoms with van der Waals surface area (Å²) in [6.07, 6.45) is 5.46. The van der Waals surface area contributed by atoms with Crippen molar-refractivity contribution in [3.8, 4) is 17.6 Å².